The van der Waals surface area contributed by atoms with Gasteiger partial charge in [0.2, 0.25) is 0 Å². The van der Waals surface area contributed by atoms with Gasteiger partial charge >= 0.3 is 74.8 Å². The van der Waals surface area contributed by atoms with Crippen molar-refractivity contribution in [2.24, 2.45) is 0 Å². The Morgan fingerprint density at radius 3 is 1.92 bits per heavy atom. The van der Waals surface area contributed by atoms with Crippen LogP contribution in [0.2, 0.25) is 0 Å². The summed E-state index contributed by atoms with van der Waals surface area (Å²) >= 11 is 0. The summed E-state index contributed by atoms with van der Waals surface area (Å²) in [5.74, 6) is 0. The minimum atomic E-state index is -5.41. The second-order valence-electron chi connectivity index (χ2n) is 3.91. The van der Waals surface area contributed by atoms with Crippen molar-refractivity contribution >= 4 is 23.5 Å². The van der Waals surface area contributed by atoms with Crippen LogP contribution in [0, 0.1) is 0 Å². The summed E-state index contributed by atoms with van der Waals surface area (Å²) in [5.41, 5.74) is 0. The van der Waals surface area contributed by atoms with Crippen LogP contribution in [0.5, 0.6) is 0 Å². The number of hydrogen-bond acceptors (Lipinski definition) is 11. The number of hydrogen-bond donors (Lipinski definition) is 5. The van der Waals surface area contributed by atoms with Gasteiger partial charge in [0, 0.05) is 0 Å². The van der Waals surface area contributed by atoms with E-state index in [-0.39, 0.29) is 59.1 Å². The van der Waals surface area contributed by atoms with Gasteiger partial charge in [0.1, 0.15) is 18.3 Å². The zero-order valence-corrected chi connectivity index (χ0v) is 19.0. The molecule has 1 aliphatic heterocycles. The van der Waals surface area contributed by atoms with Crippen LogP contribution in [0.1, 0.15) is 0 Å². The molecule has 19 heteroatoms. The van der Waals surface area contributed by atoms with Gasteiger partial charge in [0.05, 0.1) is 14.4 Å². The molecule has 0 saturated carbocycles. The van der Waals surface area contributed by atoms with Gasteiger partial charge in [-0.15, -0.1) is 0 Å². The first kappa shape index (κ1) is 28.5. The summed E-state index contributed by atoms with van der Waals surface area (Å²) in [6.07, 6.45) is -7.64. The molecular weight excluding hydrogens is 423 g/mol. The molecular formula is C5H11Na2O14P3. The number of rotatable bonds is 7. The molecule has 0 bridgehead atoms. The van der Waals surface area contributed by atoms with Gasteiger partial charge in [-0.25, -0.2) is 9.13 Å². The third-order valence-electron chi connectivity index (χ3n) is 2.16. The SMILES string of the molecule is O=P([O-])([O-])OC[C@H]1O[C@H](OP(=O)(O)OP(=O)(O)O)[C@H](O)[C@@H]1O.[Na+].[Na+]. The largest absolute Gasteiger partial charge is 1.00 e. The minimum absolute atomic E-state index is 0. The number of phosphoric ester groups is 2. The van der Waals surface area contributed by atoms with Crippen LogP contribution in [0.25, 0.3) is 0 Å². The standard InChI is InChI=1S/C5H13O14P3.2Na/c6-3-2(1-16-20(8,9)10)17-5(4(3)7)18-22(14,15)19-21(11,12)13;;/h2-7H,1H2,(H,14,15)(H2,8,9,10)(H2,11,12,13);;/q;2*+1/p-2/t2-,3-,4-,5-;;/m1../s1. The summed E-state index contributed by atoms with van der Waals surface area (Å²) in [7, 11) is -16.2. The van der Waals surface area contributed by atoms with Crippen LogP contribution in [0.4, 0.5) is 0 Å². The first-order chi connectivity index (χ1) is 9.70. The van der Waals surface area contributed by atoms with Gasteiger partial charge in [-0.05, 0) is 0 Å². The van der Waals surface area contributed by atoms with E-state index in [0.717, 1.165) is 0 Å². The second-order valence-corrected chi connectivity index (χ2v) is 7.85. The summed E-state index contributed by atoms with van der Waals surface area (Å²) in [5, 5.41) is 18.9. The van der Waals surface area contributed by atoms with E-state index in [4.69, 9.17) is 14.7 Å². The van der Waals surface area contributed by atoms with Gasteiger partial charge < -0.3 is 48.5 Å². The molecule has 0 radical (unpaired) electrons. The van der Waals surface area contributed by atoms with Crippen LogP contribution in [-0.4, -0.2) is 56.1 Å². The molecule has 0 aromatic carbocycles. The maximum atomic E-state index is 11.2. The maximum absolute atomic E-state index is 11.2. The Morgan fingerprint density at radius 2 is 1.50 bits per heavy atom. The summed E-state index contributed by atoms with van der Waals surface area (Å²) in [4.78, 5) is 46.3. The normalized spacial score (nSPS) is 30.1. The van der Waals surface area contributed by atoms with Crippen molar-refractivity contribution in [3.8, 4) is 0 Å². The molecule has 0 amide bonds. The van der Waals surface area contributed by atoms with E-state index >= 15 is 0 Å². The molecule has 0 aliphatic carbocycles. The van der Waals surface area contributed by atoms with Crippen molar-refractivity contribution in [2.45, 2.75) is 24.6 Å². The Bertz CT molecular complexity index is 531. The zero-order chi connectivity index (χ0) is 17.3. The van der Waals surface area contributed by atoms with E-state index in [1.165, 1.54) is 0 Å². The second kappa shape index (κ2) is 10.7. The fraction of sp³-hybridized carbons (Fsp3) is 1.00. The molecule has 24 heavy (non-hydrogen) atoms. The number of phosphoric acid groups is 3. The zero-order valence-electron chi connectivity index (χ0n) is 12.3. The van der Waals surface area contributed by atoms with Crippen LogP contribution in [-0.2, 0) is 31.8 Å². The molecule has 1 aliphatic rings. The molecule has 1 saturated heterocycles. The first-order valence-electron chi connectivity index (χ1n) is 5.16. The average Bonchev–Trinajstić information content (AvgIpc) is 2.49. The molecule has 0 spiro atoms. The Labute approximate surface area is 179 Å². The number of aliphatic hydroxyl groups excluding tert-OH is 2. The average molecular weight is 434 g/mol. The van der Waals surface area contributed by atoms with Crippen molar-refractivity contribution in [3.63, 3.8) is 0 Å². The van der Waals surface area contributed by atoms with Crippen molar-refractivity contribution in [1.29, 1.82) is 0 Å². The molecule has 1 rings (SSSR count). The fourth-order valence-corrected chi connectivity index (χ4v) is 3.38. The van der Waals surface area contributed by atoms with Crippen LogP contribution >= 0.6 is 23.5 Å². The van der Waals surface area contributed by atoms with E-state index < -0.39 is 54.7 Å². The molecule has 132 valence electrons. The Kier molecular flexibility index (Phi) is 12.7. The topological polar surface area (TPSA) is 235 Å². The smallest absolute Gasteiger partial charge is 0.790 e. The molecule has 5 N–H and O–H groups in total. The number of aliphatic hydroxyl groups is 2. The predicted molar refractivity (Wildman–Crippen MR) is 58.3 cm³/mol. The fourth-order valence-electron chi connectivity index (χ4n) is 1.39. The van der Waals surface area contributed by atoms with Crippen molar-refractivity contribution in [2.75, 3.05) is 6.61 Å². The van der Waals surface area contributed by atoms with Crippen LogP contribution in [0.15, 0.2) is 0 Å². The third kappa shape index (κ3) is 10.5. The van der Waals surface area contributed by atoms with Gasteiger partial charge in [-0.3, -0.25) is 4.52 Å². The van der Waals surface area contributed by atoms with Crippen molar-refractivity contribution < 1.29 is 126 Å². The Balaban J connectivity index is 0. The first-order valence-corrected chi connectivity index (χ1v) is 9.65. The summed E-state index contributed by atoms with van der Waals surface area (Å²) in [6.45, 7) is -1.03. The van der Waals surface area contributed by atoms with Crippen LogP contribution < -0.4 is 68.9 Å². The van der Waals surface area contributed by atoms with Gasteiger partial charge in [-0.2, -0.15) is 4.31 Å². The quantitative estimate of drug-likeness (QED) is 0.185. The molecule has 0 aromatic heterocycles. The summed E-state index contributed by atoms with van der Waals surface area (Å²) in [6, 6.07) is 0. The van der Waals surface area contributed by atoms with Gasteiger partial charge in [-0.1, -0.05) is 0 Å². The van der Waals surface area contributed by atoms with E-state index in [1.54, 1.807) is 0 Å². The Morgan fingerprint density at radius 1 is 1.00 bits per heavy atom. The molecule has 1 unspecified atom stereocenters. The molecule has 0 aromatic rings. The van der Waals surface area contributed by atoms with Crippen molar-refractivity contribution in [1.82, 2.24) is 0 Å². The van der Waals surface area contributed by atoms with Gasteiger partial charge in [0.25, 0.3) is 0 Å². The molecule has 5 atom stereocenters. The van der Waals surface area contributed by atoms with E-state index in [0.29, 0.717) is 0 Å². The molecule has 1 fully saturated rings. The number of ether oxygens (including phenoxy) is 1. The van der Waals surface area contributed by atoms with E-state index in [1.807, 2.05) is 0 Å². The monoisotopic (exact) mass is 434 g/mol. The van der Waals surface area contributed by atoms with Crippen molar-refractivity contribution in [3.05, 3.63) is 0 Å². The van der Waals surface area contributed by atoms with Crippen LogP contribution in [0.3, 0.4) is 0 Å². The molecule has 14 nitrogen and oxygen atoms in total. The van der Waals surface area contributed by atoms with Gasteiger partial charge in [0.15, 0.2) is 6.29 Å². The van der Waals surface area contributed by atoms with E-state index in [9.17, 15) is 33.7 Å². The van der Waals surface area contributed by atoms with E-state index in [2.05, 4.69) is 18.1 Å². The Hall–Kier alpha value is 2.25. The summed E-state index contributed by atoms with van der Waals surface area (Å²) < 4.78 is 47.9. The maximum Gasteiger partial charge on any atom is 1.00 e. The predicted octanol–water partition coefficient (Wildman–Crippen LogP) is -9.49. The third-order valence-corrected chi connectivity index (χ3v) is 4.78. The molecule has 1 heterocycles. The minimum Gasteiger partial charge on any atom is -0.790 e.